The summed E-state index contributed by atoms with van der Waals surface area (Å²) < 4.78 is 43.2. The molecule has 0 spiro atoms. The van der Waals surface area contributed by atoms with E-state index < -0.39 is 12.4 Å². The van der Waals surface area contributed by atoms with E-state index in [2.05, 4.69) is 15.0 Å². The summed E-state index contributed by atoms with van der Waals surface area (Å²) in [6.07, 6.45) is -1.14. The van der Waals surface area contributed by atoms with Crippen molar-refractivity contribution in [2.24, 2.45) is 5.92 Å². The molecule has 0 fully saturated rings. The molecule has 3 aromatic rings. The Balaban J connectivity index is 1.81. The van der Waals surface area contributed by atoms with E-state index in [0.717, 1.165) is 11.3 Å². The van der Waals surface area contributed by atoms with Crippen LogP contribution in [0.15, 0.2) is 42.7 Å². The van der Waals surface area contributed by atoms with Gasteiger partial charge < -0.3 is 14.6 Å². The second kappa shape index (κ2) is 6.99. The van der Waals surface area contributed by atoms with E-state index in [9.17, 15) is 18.0 Å². The average Bonchev–Trinajstić information content (AvgIpc) is 3.14. The smallest absolute Gasteiger partial charge is 0.406 e. The summed E-state index contributed by atoms with van der Waals surface area (Å²) >= 11 is 1.09. The number of rotatable bonds is 5. The zero-order chi connectivity index (χ0) is 18.9. The van der Waals surface area contributed by atoms with Crippen LogP contribution in [0.2, 0.25) is 0 Å². The standard InChI is InChI=1S/C17H16F3N3O2S/c1-10(2)14(23-7-3-4-8-23)15(24)22-16-21-12-6-5-11(9-13(12)26-16)25-17(18,19)20/h3-10,14H,1-2H3,(H,21,22,24). The van der Waals surface area contributed by atoms with E-state index in [0.29, 0.717) is 15.3 Å². The molecule has 1 N–H and O–H groups in total. The van der Waals surface area contributed by atoms with Crippen LogP contribution in [0.25, 0.3) is 10.2 Å². The molecule has 1 amide bonds. The first-order valence-corrected chi connectivity index (χ1v) is 8.64. The molecule has 0 aliphatic carbocycles. The number of hydrogen-bond acceptors (Lipinski definition) is 4. The van der Waals surface area contributed by atoms with Gasteiger partial charge in [0.1, 0.15) is 11.8 Å². The first-order chi connectivity index (χ1) is 12.2. The lowest BCUT2D eigenvalue weighted by molar-refractivity contribution is -0.274. The predicted octanol–water partition coefficient (Wildman–Crippen LogP) is 4.83. The van der Waals surface area contributed by atoms with Gasteiger partial charge >= 0.3 is 6.36 Å². The van der Waals surface area contributed by atoms with Crippen molar-refractivity contribution < 1.29 is 22.7 Å². The average molecular weight is 383 g/mol. The number of aromatic nitrogens is 2. The molecule has 5 nitrogen and oxygen atoms in total. The number of carbonyl (C=O) groups is 1. The lowest BCUT2D eigenvalue weighted by Gasteiger charge is -2.21. The predicted molar refractivity (Wildman–Crippen MR) is 93.2 cm³/mol. The van der Waals surface area contributed by atoms with E-state index in [1.54, 1.807) is 0 Å². The van der Waals surface area contributed by atoms with Gasteiger partial charge in [-0.15, -0.1) is 13.2 Å². The van der Waals surface area contributed by atoms with Gasteiger partial charge in [0.05, 0.1) is 10.2 Å². The molecule has 0 aliphatic rings. The van der Waals surface area contributed by atoms with Gasteiger partial charge in [0.2, 0.25) is 5.91 Å². The van der Waals surface area contributed by atoms with Gasteiger partial charge in [-0.25, -0.2) is 4.98 Å². The van der Waals surface area contributed by atoms with Gasteiger partial charge in [0.25, 0.3) is 0 Å². The second-order valence-electron chi connectivity index (χ2n) is 6.00. The summed E-state index contributed by atoms with van der Waals surface area (Å²) in [6.45, 7) is 3.87. The highest BCUT2D eigenvalue weighted by molar-refractivity contribution is 7.22. The normalized spacial score (nSPS) is 13.2. The van der Waals surface area contributed by atoms with Crippen LogP contribution < -0.4 is 10.1 Å². The number of alkyl halides is 3. The number of nitrogens with zero attached hydrogens (tertiary/aromatic N) is 2. The molecule has 3 rings (SSSR count). The molecular formula is C17H16F3N3O2S. The van der Waals surface area contributed by atoms with E-state index in [4.69, 9.17) is 0 Å². The van der Waals surface area contributed by atoms with Gasteiger partial charge in [0, 0.05) is 18.5 Å². The number of thiazole rings is 1. The Morgan fingerprint density at radius 2 is 1.96 bits per heavy atom. The molecule has 9 heteroatoms. The number of carbonyl (C=O) groups excluding carboxylic acids is 1. The number of fused-ring (bicyclic) bond motifs is 1. The Bertz CT molecular complexity index is 904. The fraction of sp³-hybridized carbons (Fsp3) is 0.294. The maximum Gasteiger partial charge on any atom is 0.573 e. The summed E-state index contributed by atoms with van der Waals surface area (Å²) in [6, 6.07) is 7.13. The van der Waals surface area contributed by atoms with Crippen molar-refractivity contribution in [3.05, 3.63) is 42.7 Å². The highest BCUT2D eigenvalue weighted by atomic mass is 32.1. The Kier molecular flexibility index (Phi) is 4.90. The fourth-order valence-electron chi connectivity index (χ4n) is 2.65. The molecule has 0 bridgehead atoms. The number of nitrogens with one attached hydrogen (secondary N) is 1. The van der Waals surface area contributed by atoms with Crippen molar-refractivity contribution in [2.45, 2.75) is 26.3 Å². The van der Waals surface area contributed by atoms with Crippen LogP contribution >= 0.6 is 11.3 Å². The molecule has 0 radical (unpaired) electrons. The third kappa shape index (κ3) is 4.16. The fourth-order valence-corrected chi connectivity index (χ4v) is 3.55. The van der Waals surface area contributed by atoms with Gasteiger partial charge in [-0.2, -0.15) is 0 Å². The van der Waals surface area contributed by atoms with Gasteiger partial charge in [-0.3, -0.25) is 4.79 Å². The lowest BCUT2D eigenvalue weighted by Crippen LogP contribution is -2.29. The molecule has 2 heterocycles. The molecule has 2 aromatic heterocycles. The molecule has 138 valence electrons. The van der Waals surface area contributed by atoms with Crippen LogP contribution in [-0.2, 0) is 4.79 Å². The second-order valence-corrected chi connectivity index (χ2v) is 7.04. The quantitative estimate of drug-likeness (QED) is 0.686. The van der Waals surface area contributed by atoms with E-state index >= 15 is 0 Å². The number of hydrogen-bond donors (Lipinski definition) is 1. The van der Waals surface area contributed by atoms with Crippen LogP contribution in [0, 0.1) is 5.92 Å². The zero-order valence-corrected chi connectivity index (χ0v) is 14.8. The van der Waals surface area contributed by atoms with Crippen molar-refractivity contribution in [3.63, 3.8) is 0 Å². The number of amides is 1. The molecule has 1 aromatic carbocycles. The SMILES string of the molecule is CC(C)C(C(=O)Nc1nc2ccc(OC(F)(F)F)cc2s1)n1cccc1. The summed E-state index contributed by atoms with van der Waals surface area (Å²) in [5.74, 6) is -0.510. The topological polar surface area (TPSA) is 56.1 Å². The van der Waals surface area contributed by atoms with Gasteiger partial charge in [-0.05, 0) is 30.2 Å². The molecule has 0 saturated carbocycles. The van der Waals surface area contributed by atoms with E-state index in [-0.39, 0.29) is 17.6 Å². The van der Waals surface area contributed by atoms with Crippen molar-refractivity contribution in [1.82, 2.24) is 9.55 Å². The molecule has 1 atom stereocenters. The summed E-state index contributed by atoms with van der Waals surface area (Å²) in [7, 11) is 0. The van der Waals surface area contributed by atoms with Crippen LogP contribution in [-0.4, -0.2) is 21.8 Å². The minimum absolute atomic E-state index is 0.0450. The first kappa shape index (κ1) is 18.2. The molecule has 0 saturated heterocycles. The highest BCUT2D eigenvalue weighted by Gasteiger charge is 2.31. The molecule has 26 heavy (non-hydrogen) atoms. The third-order valence-corrected chi connectivity index (χ3v) is 4.61. The van der Waals surface area contributed by atoms with Crippen molar-refractivity contribution in [3.8, 4) is 5.75 Å². The monoisotopic (exact) mass is 383 g/mol. The Morgan fingerprint density at radius 1 is 1.27 bits per heavy atom. The number of halogens is 3. The number of anilines is 1. The molecular weight excluding hydrogens is 367 g/mol. The van der Waals surface area contributed by atoms with Crippen molar-refractivity contribution in [1.29, 1.82) is 0 Å². The van der Waals surface area contributed by atoms with Crippen LogP contribution in [0.5, 0.6) is 5.75 Å². The lowest BCUT2D eigenvalue weighted by atomic mass is 10.0. The van der Waals surface area contributed by atoms with Gasteiger partial charge in [-0.1, -0.05) is 25.2 Å². The summed E-state index contributed by atoms with van der Waals surface area (Å²) in [5, 5.41) is 3.08. The Labute approximate surface area is 151 Å². The maximum absolute atomic E-state index is 12.6. The number of ether oxygens (including phenoxy) is 1. The van der Waals surface area contributed by atoms with Gasteiger partial charge in [0.15, 0.2) is 5.13 Å². The van der Waals surface area contributed by atoms with Crippen molar-refractivity contribution >= 4 is 32.6 Å². The highest BCUT2D eigenvalue weighted by Crippen LogP contribution is 2.32. The number of benzene rings is 1. The Hall–Kier alpha value is -2.55. The molecule has 0 aliphatic heterocycles. The molecule has 1 unspecified atom stereocenters. The maximum atomic E-state index is 12.6. The minimum atomic E-state index is -4.75. The third-order valence-electron chi connectivity index (χ3n) is 3.67. The summed E-state index contributed by atoms with van der Waals surface area (Å²) in [4.78, 5) is 16.9. The largest absolute Gasteiger partial charge is 0.573 e. The Morgan fingerprint density at radius 3 is 2.58 bits per heavy atom. The van der Waals surface area contributed by atoms with E-state index in [1.807, 2.05) is 42.9 Å². The van der Waals surface area contributed by atoms with Crippen LogP contribution in [0.1, 0.15) is 19.9 Å². The zero-order valence-electron chi connectivity index (χ0n) is 13.9. The minimum Gasteiger partial charge on any atom is -0.406 e. The van der Waals surface area contributed by atoms with E-state index in [1.165, 1.54) is 18.2 Å². The van der Waals surface area contributed by atoms with Crippen molar-refractivity contribution in [2.75, 3.05) is 5.32 Å². The first-order valence-electron chi connectivity index (χ1n) is 7.82. The van der Waals surface area contributed by atoms with Crippen LogP contribution in [0.3, 0.4) is 0 Å². The summed E-state index contributed by atoms with van der Waals surface area (Å²) in [5.41, 5.74) is 0.488. The van der Waals surface area contributed by atoms with Crippen LogP contribution in [0.4, 0.5) is 18.3 Å².